The van der Waals surface area contributed by atoms with Crippen LogP contribution < -0.4 is 10.7 Å². The number of para-hydroxylation sites is 1. The molecule has 2 heterocycles. The Kier molecular flexibility index (Phi) is 3.77. The third-order valence-electron chi connectivity index (χ3n) is 4.29. The van der Waals surface area contributed by atoms with E-state index in [1.54, 1.807) is 37.3 Å². The van der Waals surface area contributed by atoms with Crippen LogP contribution in [-0.4, -0.2) is 10.9 Å². The molecule has 1 amide bonds. The second-order valence-electron chi connectivity index (χ2n) is 6.23. The molecule has 5 heteroatoms. The van der Waals surface area contributed by atoms with Gasteiger partial charge in [0.15, 0.2) is 0 Å². The van der Waals surface area contributed by atoms with Gasteiger partial charge in [-0.25, -0.2) is 4.98 Å². The Morgan fingerprint density at radius 1 is 1.00 bits per heavy atom. The average molecular weight is 344 g/mol. The molecular weight excluding hydrogens is 328 g/mol. The van der Waals surface area contributed by atoms with Crippen LogP contribution in [0, 0.1) is 13.8 Å². The summed E-state index contributed by atoms with van der Waals surface area (Å²) in [6.07, 6.45) is 0. The van der Waals surface area contributed by atoms with Gasteiger partial charge in [0.25, 0.3) is 5.91 Å². The number of fused-ring (bicyclic) bond motifs is 2. The topological polar surface area (TPSA) is 72.2 Å². The van der Waals surface area contributed by atoms with E-state index >= 15 is 0 Å². The van der Waals surface area contributed by atoms with Crippen molar-refractivity contribution >= 4 is 33.7 Å². The van der Waals surface area contributed by atoms with E-state index in [1.165, 1.54) is 0 Å². The maximum atomic E-state index is 12.9. The van der Waals surface area contributed by atoms with E-state index in [4.69, 9.17) is 4.42 Å². The highest BCUT2D eigenvalue weighted by Gasteiger charge is 2.16. The zero-order valence-electron chi connectivity index (χ0n) is 14.4. The molecule has 0 saturated heterocycles. The van der Waals surface area contributed by atoms with Crippen LogP contribution in [0.1, 0.15) is 21.6 Å². The third-order valence-corrected chi connectivity index (χ3v) is 4.29. The molecule has 0 aliphatic carbocycles. The predicted molar refractivity (Wildman–Crippen MR) is 102 cm³/mol. The zero-order chi connectivity index (χ0) is 18.3. The molecule has 4 aromatic rings. The van der Waals surface area contributed by atoms with Crippen molar-refractivity contribution in [3.8, 4) is 0 Å². The van der Waals surface area contributed by atoms with Crippen LogP contribution in [0.2, 0.25) is 0 Å². The number of aromatic nitrogens is 1. The highest BCUT2D eigenvalue weighted by Crippen LogP contribution is 2.21. The molecule has 2 aromatic heterocycles. The van der Waals surface area contributed by atoms with Crippen LogP contribution in [0.4, 0.5) is 5.69 Å². The third kappa shape index (κ3) is 2.73. The molecule has 0 atom stereocenters. The normalized spacial score (nSPS) is 11.0. The van der Waals surface area contributed by atoms with E-state index < -0.39 is 0 Å². The van der Waals surface area contributed by atoms with Crippen molar-refractivity contribution in [3.63, 3.8) is 0 Å². The summed E-state index contributed by atoms with van der Waals surface area (Å²) in [5.41, 5.74) is 3.03. The number of nitrogens with one attached hydrogen (secondary N) is 1. The highest BCUT2D eigenvalue weighted by atomic mass is 16.3. The average Bonchev–Trinajstić information content (AvgIpc) is 2.63. The van der Waals surface area contributed by atoms with Crippen LogP contribution in [0.25, 0.3) is 22.1 Å². The lowest BCUT2D eigenvalue weighted by atomic mass is 10.1. The summed E-state index contributed by atoms with van der Waals surface area (Å²) in [6, 6.07) is 16.1. The van der Waals surface area contributed by atoms with Gasteiger partial charge in [-0.05, 0) is 44.2 Å². The predicted octanol–water partition coefficient (Wildman–Crippen LogP) is 4.21. The number of carbonyl (C=O) groups is 1. The fourth-order valence-corrected chi connectivity index (χ4v) is 2.93. The van der Waals surface area contributed by atoms with Gasteiger partial charge in [-0.2, -0.15) is 0 Å². The Labute approximate surface area is 149 Å². The Morgan fingerprint density at radius 3 is 2.54 bits per heavy atom. The van der Waals surface area contributed by atoms with Crippen molar-refractivity contribution < 1.29 is 9.21 Å². The molecule has 0 spiro atoms. The van der Waals surface area contributed by atoms with Gasteiger partial charge < -0.3 is 9.73 Å². The van der Waals surface area contributed by atoms with Gasteiger partial charge in [0, 0.05) is 5.69 Å². The van der Waals surface area contributed by atoms with Crippen molar-refractivity contribution in [2.45, 2.75) is 13.8 Å². The van der Waals surface area contributed by atoms with Gasteiger partial charge in [-0.15, -0.1) is 0 Å². The number of pyridine rings is 1. The van der Waals surface area contributed by atoms with Gasteiger partial charge in [-0.1, -0.05) is 29.8 Å². The van der Waals surface area contributed by atoms with Crippen LogP contribution in [0.15, 0.2) is 63.8 Å². The molecule has 0 unspecified atom stereocenters. The molecule has 0 saturated carbocycles. The van der Waals surface area contributed by atoms with Gasteiger partial charge in [0.05, 0.1) is 22.0 Å². The lowest BCUT2D eigenvalue weighted by molar-refractivity contribution is 0.102. The van der Waals surface area contributed by atoms with Crippen molar-refractivity contribution in [1.29, 1.82) is 0 Å². The minimum absolute atomic E-state index is 0.189. The van der Waals surface area contributed by atoms with Crippen LogP contribution >= 0.6 is 0 Å². The maximum Gasteiger partial charge on any atom is 0.257 e. The largest absolute Gasteiger partial charge is 0.437 e. The van der Waals surface area contributed by atoms with Crippen molar-refractivity contribution in [2.24, 2.45) is 0 Å². The number of carbonyl (C=O) groups excluding carboxylic acids is 1. The summed E-state index contributed by atoms with van der Waals surface area (Å²) in [5, 5.41) is 3.60. The quantitative estimate of drug-likeness (QED) is 0.553. The first kappa shape index (κ1) is 16.0. The number of hydrogen-bond donors (Lipinski definition) is 1. The molecular formula is C21H16N2O3. The number of amides is 1. The molecule has 2 aromatic carbocycles. The molecule has 4 rings (SSSR count). The fourth-order valence-electron chi connectivity index (χ4n) is 2.93. The number of anilines is 1. The molecule has 0 radical (unpaired) electrons. The number of rotatable bonds is 2. The molecule has 1 N–H and O–H groups in total. The standard InChI is InChI=1S/C21H16N2O3/c1-12-8-9-18-16(10-12)19(24)17-11-15(13(2)22-21(17)26-18)20(25)23-14-6-4-3-5-7-14/h3-11H,1-2H3,(H,23,25). The Morgan fingerprint density at radius 2 is 1.77 bits per heavy atom. The van der Waals surface area contributed by atoms with E-state index in [0.29, 0.717) is 33.3 Å². The summed E-state index contributed by atoms with van der Waals surface area (Å²) < 4.78 is 5.77. The second kappa shape index (κ2) is 6.11. The Hall–Kier alpha value is -3.47. The first-order valence-corrected chi connectivity index (χ1v) is 8.24. The summed E-state index contributed by atoms with van der Waals surface area (Å²) >= 11 is 0. The van der Waals surface area contributed by atoms with Crippen molar-refractivity contribution in [3.05, 3.63) is 81.6 Å². The maximum absolute atomic E-state index is 12.9. The Balaban J connectivity index is 1.87. The summed E-state index contributed by atoms with van der Waals surface area (Å²) in [7, 11) is 0. The zero-order valence-corrected chi connectivity index (χ0v) is 14.4. The minimum atomic E-state index is -0.313. The van der Waals surface area contributed by atoms with Crippen molar-refractivity contribution in [1.82, 2.24) is 4.98 Å². The van der Waals surface area contributed by atoms with Gasteiger partial charge in [-0.3, -0.25) is 9.59 Å². The minimum Gasteiger partial charge on any atom is -0.437 e. The molecule has 0 aliphatic heterocycles. The van der Waals surface area contributed by atoms with Gasteiger partial charge in [0.1, 0.15) is 5.58 Å². The van der Waals surface area contributed by atoms with Crippen molar-refractivity contribution in [2.75, 3.05) is 5.32 Å². The van der Waals surface area contributed by atoms with Crippen LogP contribution in [0.5, 0.6) is 0 Å². The summed E-state index contributed by atoms with van der Waals surface area (Å²) in [5.74, 6) is -0.313. The smallest absolute Gasteiger partial charge is 0.257 e. The molecule has 128 valence electrons. The molecule has 0 bridgehead atoms. The van der Waals surface area contributed by atoms with Gasteiger partial charge >= 0.3 is 0 Å². The number of benzene rings is 2. The number of aryl methyl sites for hydroxylation is 2. The molecule has 26 heavy (non-hydrogen) atoms. The van der Waals surface area contributed by atoms with E-state index in [1.807, 2.05) is 31.2 Å². The SMILES string of the molecule is Cc1ccc2oc3nc(C)c(C(=O)Nc4ccccc4)cc3c(=O)c2c1. The first-order chi connectivity index (χ1) is 12.5. The lowest BCUT2D eigenvalue weighted by Crippen LogP contribution is -2.15. The van der Waals surface area contributed by atoms with E-state index in [0.717, 1.165) is 5.56 Å². The first-order valence-electron chi connectivity index (χ1n) is 8.24. The number of nitrogens with zero attached hydrogens (tertiary/aromatic N) is 1. The van der Waals surface area contributed by atoms with Crippen LogP contribution in [-0.2, 0) is 0 Å². The van der Waals surface area contributed by atoms with E-state index in [9.17, 15) is 9.59 Å². The monoisotopic (exact) mass is 344 g/mol. The Bertz CT molecular complexity index is 1210. The summed E-state index contributed by atoms with van der Waals surface area (Å²) in [6.45, 7) is 3.63. The highest BCUT2D eigenvalue weighted by molar-refractivity contribution is 6.07. The molecule has 0 fully saturated rings. The van der Waals surface area contributed by atoms with E-state index in [2.05, 4.69) is 10.3 Å². The summed E-state index contributed by atoms with van der Waals surface area (Å²) in [4.78, 5) is 29.8. The van der Waals surface area contributed by atoms with Crippen LogP contribution in [0.3, 0.4) is 0 Å². The fraction of sp³-hybridized carbons (Fsp3) is 0.0952. The number of hydrogen-bond acceptors (Lipinski definition) is 4. The van der Waals surface area contributed by atoms with Gasteiger partial charge in [0.2, 0.25) is 11.1 Å². The molecule has 5 nitrogen and oxygen atoms in total. The van der Waals surface area contributed by atoms with E-state index in [-0.39, 0.29) is 17.0 Å². The molecule has 0 aliphatic rings. The lowest BCUT2D eigenvalue weighted by Gasteiger charge is -2.09. The second-order valence-corrected chi connectivity index (χ2v) is 6.23.